The maximum atomic E-state index is 4.78. The summed E-state index contributed by atoms with van der Waals surface area (Å²) in [4.78, 5) is 12.4. The standard InChI is InChI=1S/C17H15N3/c1-11(13-4-3-9-18-10-13)14-5-2-6-15-16(14)20-17(19-15)12-7-8-12/h2-6,9-10,12H,1,7-8H2,(H,19,20). The quantitative estimate of drug-likeness (QED) is 0.777. The van der Waals surface area contributed by atoms with Crippen LogP contribution in [0.4, 0.5) is 0 Å². The van der Waals surface area contributed by atoms with Gasteiger partial charge >= 0.3 is 0 Å². The Morgan fingerprint density at radius 1 is 1.20 bits per heavy atom. The van der Waals surface area contributed by atoms with Crippen LogP contribution in [0.3, 0.4) is 0 Å². The molecule has 98 valence electrons. The SMILES string of the molecule is C=C(c1cccnc1)c1cccc2[nH]c(C3CC3)nc12. The summed E-state index contributed by atoms with van der Waals surface area (Å²) in [5.74, 6) is 1.74. The van der Waals surface area contributed by atoms with Crippen LogP contribution in [0.2, 0.25) is 0 Å². The molecule has 1 aromatic carbocycles. The van der Waals surface area contributed by atoms with Crippen molar-refractivity contribution < 1.29 is 0 Å². The third-order valence-corrected chi connectivity index (χ3v) is 3.83. The summed E-state index contributed by atoms with van der Waals surface area (Å²) in [6.07, 6.45) is 6.12. The number of pyridine rings is 1. The molecule has 3 nitrogen and oxygen atoms in total. The Balaban J connectivity index is 1.84. The number of hydrogen-bond donors (Lipinski definition) is 1. The molecular formula is C17H15N3. The highest BCUT2D eigenvalue weighted by molar-refractivity contribution is 5.93. The normalized spacial score (nSPS) is 14.6. The molecule has 1 aliphatic rings. The number of fused-ring (bicyclic) bond motifs is 1. The molecular weight excluding hydrogens is 246 g/mol. The number of imidazole rings is 1. The number of nitrogens with zero attached hydrogens (tertiary/aromatic N) is 2. The average molecular weight is 261 g/mol. The van der Waals surface area contributed by atoms with Crippen molar-refractivity contribution in [3.05, 3.63) is 66.3 Å². The summed E-state index contributed by atoms with van der Waals surface area (Å²) in [5.41, 5.74) is 5.20. The van der Waals surface area contributed by atoms with Crippen LogP contribution >= 0.6 is 0 Å². The molecule has 1 aliphatic carbocycles. The van der Waals surface area contributed by atoms with E-state index in [1.165, 1.54) is 12.8 Å². The van der Waals surface area contributed by atoms with E-state index in [-0.39, 0.29) is 0 Å². The molecule has 0 atom stereocenters. The lowest BCUT2D eigenvalue weighted by atomic mass is 10.00. The first-order valence-electron chi connectivity index (χ1n) is 6.91. The molecule has 4 rings (SSSR count). The Bertz CT molecular complexity index is 782. The summed E-state index contributed by atoms with van der Waals surface area (Å²) >= 11 is 0. The largest absolute Gasteiger partial charge is 0.342 e. The number of benzene rings is 1. The average Bonchev–Trinajstić information content (AvgIpc) is 3.26. The summed E-state index contributed by atoms with van der Waals surface area (Å²) in [5, 5.41) is 0. The molecule has 3 heteroatoms. The first-order chi connectivity index (χ1) is 9.83. The topological polar surface area (TPSA) is 41.6 Å². The number of aromatic amines is 1. The number of H-pyrrole nitrogens is 1. The molecule has 0 unspecified atom stereocenters. The van der Waals surface area contributed by atoms with Crippen LogP contribution < -0.4 is 0 Å². The van der Waals surface area contributed by atoms with E-state index in [1.54, 1.807) is 6.20 Å². The Labute approximate surface area is 117 Å². The van der Waals surface area contributed by atoms with Crippen molar-refractivity contribution in [1.82, 2.24) is 15.0 Å². The van der Waals surface area contributed by atoms with Gasteiger partial charge in [-0.3, -0.25) is 4.98 Å². The Morgan fingerprint density at radius 2 is 2.10 bits per heavy atom. The van der Waals surface area contributed by atoms with E-state index in [2.05, 4.69) is 28.7 Å². The molecule has 0 bridgehead atoms. The van der Waals surface area contributed by atoms with Crippen molar-refractivity contribution in [2.24, 2.45) is 0 Å². The van der Waals surface area contributed by atoms with Crippen LogP contribution in [-0.2, 0) is 0 Å². The van der Waals surface area contributed by atoms with E-state index < -0.39 is 0 Å². The fourth-order valence-electron chi connectivity index (χ4n) is 2.54. The van der Waals surface area contributed by atoms with E-state index in [4.69, 9.17) is 4.98 Å². The predicted molar refractivity (Wildman–Crippen MR) is 80.4 cm³/mol. The zero-order chi connectivity index (χ0) is 13.5. The molecule has 0 spiro atoms. The van der Waals surface area contributed by atoms with Gasteiger partial charge in [-0.25, -0.2) is 4.98 Å². The van der Waals surface area contributed by atoms with Gasteiger partial charge in [-0.05, 0) is 30.5 Å². The third kappa shape index (κ3) is 1.83. The fraction of sp³-hybridized carbons (Fsp3) is 0.176. The molecule has 0 radical (unpaired) electrons. The molecule has 2 heterocycles. The predicted octanol–water partition coefficient (Wildman–Crippen LogP) is 3.90. The van der Waals surface area contributed by atoms with Gasteiger partial charge in [0.2, 0.25) is 0 Å². The van der Waals surface area contributed by atoms with E-state index in [9.17, 15) is 0 Å². The van der Waals surface area contributed by atoms with Crippen molar-refractivity contribution in [2.75, 3.05) is 0 Å². The van der Waals surface area contributed by atoms with Gasteiger partial charge in [0.15, 0.2) is 0 Å². The van der Waals surface area contributed by atoms with Crippen LogP contribution in [0, 0.1) is 0 Å². The summed E-state index contributed by atoms with van der Waals surface area (Å²) in [6.45, 7) is 4.22. The second kappa shape index (κ2) is 4.30. The van der Waals surface area contributed by atoms with Crippen LogP contribution in [-0.4, -0.2) is 15.0 Å². The maximum Gasteiger partial charge on any atom is 0.110 e. The Morgan fingerprint density at radius 3 is 2.85 bits per heavy atom. The van der Waals surface area contributed by atoms with Crippen molar-refractivity contribution in [3.8, 4) is 0 Å². The molecule has 0 aliphatic heterocycles. The lowest BCUT2D eigenvalue weighted by Gasteiger charge is -2.06. The van der Waals surface area contributed by atoms with Crippen molar-refractivity contribution in [1.29, 1.82) is 0 Å². The Kier molecular flexibility index (Phi) is 2.46. The maximum absolute atomic E-state index is 4.78. The van der Waals surface area contributed by atoms with Crippen LogP contribution in [0.5, 0.6) is 0 Å². The van der Waals surface area contributed by atoms with Crippen molar-refractivity contribution in [2.45, 2.75) is 18.8 Å². The minimum Gasteiger partial charge on any atom is -0.342 e. The van der Waals surface area contributed by atoms with Crippen LogP contribution in [0.1, 0.15) is 35.7 Å². The molecule has 1 N–H and O–H groups in total. The molecule has 1 saturated carbocycles. The molecule has 0 saturated heterocycles. The number of nitrogens with one attached hydrogen (secondary N) is 1. The lowest BCUT2D eigenvalue weighted by Crippen LogP contribution is -1.89. The molecule has 0 amide bonds. The van der Waals surface area contributed by atoms with Gasteiger partial charge in [-0.15, -0.1) is 0 Å². The van der Waals surface area contributed by atoms with E-state index >= 15 is 0 Å². The van der Waals surface area contributed by atoms with E-state index in [0.717, 1.165) is 33.6 Å². The summed E-state index contributed by atoms with van der Waals surface area (Å²) in [6, 6.07) is 10.2. The highest BCUT2D eigenvalue weighted by Crippen LogP contribution is 2.39. The van der Waals surface area contributed by atoms with Crippen LogP contribution in [0.25, 0.3) is 16.6 Å². The highest BCUT2D eigenvalue weighted by atomic mass is 14.9. The first-order valence-corrected chi connectivity index (χ1v) is 6.91. The number of para-hydroxylation sites is 1. The lowest BCUT2D eigenvalue weighted by molar-refractivity contribution is 0.986. The van der Waals surface area contributed by atoms with Gasteiger partial charge in [-0.1, -0.05) is 24.8 Å². The molecule has 3 aromatic rings. The minimum absolute atomic E-state index is 0.627. The van der Waals surface area contributed by atoms with Gasteiger partial charge in [0.05, 0.1) is 11.0 Å². The molecule has 1 fully saturated rings. The van der Waals surface area contributed by atoms with Gasteiger partial charge in [0.25, 0.3) is 0 Å². The van der Waals surface area contributed by atoms with E-state index in [0.29, 0.717) is 5.92 Å². The smallest absolute Gasteiger partial charge is 0.110 e. The zero-order valence-corrected chi connectivity index (χ0v) is 11.1. The first kappa shape index (κ1) is 11.4. The van der Waals surface area contributed by atoms with E-state index in [1.807, 2.05) is 24.4 Å². The number of aromatic nitrogens is 3. The summed E-state index contributed by atoms with van der Waals surface area (Å²) in [7, 11) is 0. The van der Waals surface area contributed by atoms with Gasteiger partial charge in [-0.2, -0.15) is 0 Å². The Hall–Kier alpha value is -2.42. The third-order valence-electron chi connectivity index (χ3n) is 3.83. The second-order valence-corrected chi connectivity index (χ2v) is 5.32. The molecule has 2 aromatic heterocycles. The second-order valence-electron chi connectivity index (χ2n) is 5.32. The fourth-order valence-corrected chi connectivity index (χ4v) is 2.54. The van der Waals surface area contributed by atoms with Crippen molar-refractivity contribution in [3.63, 3.8) is 0 Å². The summed E-state index contributed by atoms with van der Waals surface area (Å²) < 4.78 is 0. The highest BCUT2D eigenvalue weighted by Gasteiger charge is 2.27. The minimum atomic E-state index is 0.627. The molecule has 20 heavy (non-hydrogen) atoms. The number of hydrogen-bond acceptors (Lipinski definition) is 2. The van der Waals surface area contributed by atoms with Crippen molar-refractivity contribution >= 4 is 16.6 Å². The zero-order valence-electron chi connectivity index (χ0n) is 11.1. The van der Waals surface area contributed by atoms with Gasteiger partial charge in [0, 0.05) is 29.4 Å². The van der Waals surface area contributed by atoms with Gasteiger partial charge < -0.3 is 4.98 Å². The van der Waals surface area contributed by atoms with Gasteiger partial charge in [0.1, 0.15) is 5.82 Å². The van der Waals surface area contributed by atoms with Crippen LogP contribution in [0.15, 0.2) is 49.3 Å². The monoisotopic (exact) mass is 261 g/mol. The number of rotatable bonds is 3.